The fraction of sp³-hybridized carbons (Fsp3) is 0.429. The minimum atomic E-state index is -1.47. The van der Waals surface area contributed by atoms with Crippen molar-refractivity contribution < 1.29 is 29.9 Å². The van der Waals surface area contributed by atoms with Gasteiger partial charge >= 0.3 is 0 Å². The molecular weight excluding hydrogens is 380 g/mol. The summed E-state index contributed by atoms with van der Waals surface area (Å²) < 4.78 is 11.3. The van der Waals surface area contributed by atoms with E-state index in [0.717, 1.165) is 16.9 Å². The normalized spacial score (nSPS) is 27.5. The molecular formula is C21H26O6S. The van der Waals surface area contributed by atoms with Gasteiger partial charge in [0.05, 0.1) is 6.61 Å². The number of hydrogen-bond donors (Lipinski definition) is 4. The molecule has 1 aliphatic rings. The molecule has 4 N–H and O–H groups in total. The number of hydrogen-bond acceptors (Lipinski definition) is 7. The third-order valence-electron chi connectivity index (χ3n) is 4.69. The lowest BCUT2D eigenvalue weighted by Crippen LogP contribution is -2.60. The summed E-state index contributed by atoms with van der Waals surface area (Å²) >= 11 is 1.79. The Morgan fingerprint density at radius 2 is 1.68 bits per heavy atom. The molecule has 0 aromatic heterocycles. The first kappa shape index (κ1) is 21.1. The molecule has 2 aromatic carbocycles. The highest BCUT2D eigenvalue weighted by Gasteiger charge is 2.44. The Morgan fingerprint density at radius 3 is 2.36 bits per heavy atom. The lowest BCUT2D eigenvalue weighted by molar-refractivity contribution is -0.277. The average Bonchev–Trinajstić information content (AvgIpc) is 2.71. The summed E-state index contributed by atoms with van der Waals surface area (Å²) in [5, 5.41) is 39.4. The van der Waals surface area contributed by atoms with Crippen LogP contribution in [0.25, 0.3) is 0 Å². The zero-order valence-electron chi connectivity index (χ0n) is 15.6. The lowest BCUT2D eigenvalue weighted by atomic mass is 9.99. The van der Waals surface area contributed by atoms with Gasteiger partial charge in [0.15, 0.2) is 0 Å². The van der Waals surface area contributed by atoms with Crippen molar-refractivity contribution in [3.63, 3.8) is 0 Å². The Balaban J connectivity index is 1.74. The number of thioether (sulfide) groups is 1. The molecule has 152 valence electrons. The Morgan fingerprint density at radius 1 is 0.964 bits per heavy atom. The van der Waals surface area contributed by atoms with Crippen molar-refractivity contribution in [1.29, 1.82) is 0 Å². The summed E-state index contributed by atoms with van der Waals surface area (Å²) in [6, 6.07) is 15.7. The summed E-state index contributed by atoms with van der Waals surface area (Å²) in [6.07, 6.45) is -5.87. The van der Waals surface area contributed by atoms with E-state index < -0.39 is 37.3 Å². The first-order valence-corrected chi connectivity index (χ1v) is 10.3. The average molecular weight is 407 g/mol. The van der Waals surface area contributed by atoms with Gasteiger partial charge in [-0.05, 0) is 35.1 Å². The third kappa shape index (κ3) is 4.86. The van der Waals surface area contributed by atoms with Gasteiger partial charge in [-0.25, -0.2) is 0 Å². The molecule has 0 bridgehead atoms. The Bertz CT molecular complexity index is 751. The fourth-order valence-corrected chi connectivity index (χ4v) is 3.81. The molecule has 1 aliphatic heterocycles. The van der Waals surface area contributed by atoms with Crippen molar-refractivity contribution in [2.75, 3.05) is 12.4 Å². The summed E-state index contributed by atoms with van der Waals surface area (Å²) in [5.41, 5.74) is 2.01. The van der Waals surface area contributed by atoms with Crippen LogP contribution in [-0.4, -0.2) is 63.5 Å². The maximum atomic E-state index is 10.2. The first-order chi connectivity index (χ1) is 13.5. The van der Waals surface area contributed by atoms with Crippen LogP contribution in [0.3, 0.4) is 0 Å². The highest BCUT2D eigenvalue weighted by molar-refractivity contribution is 7.99. The lowest BCUT2D eigenvalue weighted by Gasteiger charge is -2.39. The molecule has 0 radical (unpaired) electrons. The second-order valence-electron chi connectivity index (χ2n) is 6.68. The number of ether oxygens (including phenoxy) is 2. The highest BCUT2D eigenvalue weighted by Crippen LogP contribution is 2.28. The summed E-state index contributed by atoms with van der Waals surface area (Å²) in [4.78, 5) is 1.22. The van der Waals surface area contributed by atoms with Gasteiger partial charge in [0, 0.05) is 11.3 Å². The van der Waals surface area contributed by atoms with E-state index in [2.05, 4.69) is 31.2 Å². The van der Waals surface area contributed by atoms with Gasteiger partial charge in [0.1, 0.15) is 30.2 Å². The molecule has 1 saturated heterocycles. The molecule has 1 fully saturated rings. The van der Waals surface area contributed by atoms with E-state index in [1.54, 1.807) is 17.8 Å². The van der Waals surface area contributed by atoms with Gasteiger partial charge in [0.25, 0.3) is 0 Å². The van der Waals surface area contributed by atoms with Crippen LogP contribution in [0.15, 0.2) is 53.4 Å². The van der Waals surface area contributed by atoms with Gasteiger partial charge in [0.2, 0.25) is 6.29 Å². The summed E-state index contributed by atoms with van der Waals surface area (Å²) in [6.45, 7) is 1.62. The maximum absolute atomic E-state index is 10.2. The standard InChI is InChI=1S/C21H26O6S/c1-2-28-15-9-7-13(8-10-15)11-14-5-3-4-6-16(14)26-21-20(25)19(24)18(23)17(12-22)27-21/h3-10,17-25H,2,11-12H2,1H3/t17-,18-,19+,20-,21-/m1/s1. The minimum absolute atomic E-state index is 0.491. The molecule has 0 spiro atoms. The van der Waals surface area contributed by atoms with Gasteiger partial charge in [-0.2, -0.15) is 0 Å². The molecule has 0 saturated carbocycles. The van der Waals surface area contributed by atoms with E-state index >= 15 is 0 Å². The number of aliphatic hydroxyl groups excluding tert-OH is 4. The van der Waals surface area contributed by atoms with Crippen LogP contribution >= 0.6 is 11.8 Å². The first-order valence-electron chi connectivity index (χ1n) is 9.30. The Hall–Kier alpha value is -1.61. The fourth-order valence-electron chi connectivity index (χ4n) is 3.14. The smallest absolute Gasteiger partial charge is 0.229 e. The van der Waals surface area contributed by atoms with Crippen LogP contribution in [0, 0.1) is 0 Å². The van der Waals surface area contributed by atoms with Gasteiger partial charge in [-0.3, -0.25) is 0 Å². The van der Waals surface area contributed by atoms with Crippen LogP contribution in [0.5, 0.6) is 5.75 Å². The van der Waals surface area contributed by atoms with Crippen molar-refractivity contribution in [2.24, 2.45) is 0 Å². The molecule has 7 heteroatoms. The predicted molar refractivity (Wildman–Crippen MR) is 106 cm³/mol. The van der Waals surface area contributed by atoms with E-state index in [1.165, 1.54) is 4.90 Å². The van der Waals surface area contributed by atoms with Crippen molar-refractivity contribution in [2.45, 2.75) is 48.9 Å². The maximum Gasteiger partial charge on any atom is 0.229 e. The third-order valence-corrected chi connectivity index (χ3v) is 5.59. The number of benzene rings is 2. The molecule has 0 unspecified atom stereocenters. The van der Waals surface area contributed by atoms with Crippen LogP contribution < -0.4 is 4.74 Å². The molecule has 28 heavy (non-hydrogen) atoms. The minimum Gasteiger partial charge on any atom is -0.462 e. The van der Waals surface area contributed by atoms with E-state index in [-0.39, 0.29) is 0 Å². The number of para-hydroxylation sites is 1. The Labute approximate surface area is 168 Å². The van der Waals surface area contributed by atoms with Crippen molar-refractivity contribution in [1.82, 2.24) is 0 Å². The second kappa shape index (κ2) is 9.73. The molecule has 1 heterocycles. The molecule has 0 aliphatic carbocycles. The molecule has 2 aromatic rings. The van der Waals surface area contributed by atoms with Crippen molar-refractivity contribution in [3.8, 4) is 5.75 Å². The number of rotatable bonds is 7. The summed E-state index contributed by atoms with van der Waals surface area (Å²) in [7, 11) is 0. The zero-order valence-corrected chi connectivity index (χ0v) is 16.5. The van der Waals surface area contributed by atoms with Gasteiger partial charge < -0.3 is 29.9 Å². The highest BCUT2D eigenvalue weighted by atomic mass is 32.2. The molecule has 5 atom stereocenters. The van der Waals surface area contributed by atoms with E-state index in [9.17, 15) is 20.4 Å². The van der Waals surface area contributed by atoms with E-state index in [1.807, 2.05) is 18.2 Å². The summed E-state index contributed by atoms with van der Waals surface area (Å²) in [5.74, 6) is 1.54. The number of aliphatic hydroxyl groups is 4. The van der Waals surface area contributed by atoms with Crippen molar-refractivity contribution >= 4 is 11.8 Å². The monoisotopic (exact) mass is 406 g/mol. The molecule has 0 amide bonds. The van der Waals surface area contributed by atoms with Gasteiger partial charge in [-0.1, -0.05) is 37.3 Å². The van der Waals surface area contributed by atoms with Crippen LogP contribution in [-0.2, 0) is 11.2 Å². The molecule has 6 nitrogen and oxygen atoms in total. The Kier molecular flexibility index (Phi) is 7.34. The predicted octanol–water partition coefficient (Wildman–Crippen LogP) is 1.57. The van der Waals surface area contributed by atoms with Gasteiger partial charge in [-0.15, -0.1) is 11.8 Å². The van der Waals surface area contributed by atoms with E-state index in [0.29, 0.717) is 12.2 Å². The largest absolute Gasteiger partial charge is 0.462 e. The van der Waals surface area contributed by atoms with Crippen LogP contribution in [0.2, 0.25) is 0 Å². The SMILES string of the molecule is CCSc1ccc(Cc2ccccc2O[C@@H]2O[C@H](CO)[C@@H](O)[C@H](O)[C@H]2O)cc1. The quantitative estimate of drug-likeness (QED) is 0.518. The van der Waals surface area contributed by atoms with Crippen molar-refractivity contribution in [3.05, 3.63) is 59.7 Å². The van der Waals surface area contributed by atoms with Crippen LogP contribution in [0.1, 0.15) is 18.1 Å². The topological polar surface area (TPSA) is 99.4 Å². The molecule has 3 rings (SSSR count). The second-order valence-corrected chi connectivity index (χ2v) is 8.01. The van der Waals surface area contributed by atoms with E-state index in [4.69, 9.17) is 9.47 Å². The zero-order chi connectivity index (χ0) is 20.1. The van der Waals surface area contributed by atoms with Crippen LogP contribution in [0.4, 0.5) is 0 Å².